The van der Waals surface area contributed by atoms with Crippen LogP contribution < -0.4 is 0 Å². The highest BCUT2D eigenvalue weighted by Gasteiger charge is 2.18. The summed E-state index contributed by atoms with van der Waals surface area (Å²) in [7, 11) is 0. The number of aryl methyl sites for hydroxylation is 2. The van der Waals surface area contributed by atoms with Crippen LogP contribution in [0.25, 0.3) is 0 Å². The number of aliphatic hydroxyl groups is 1. The third-order valence-electron chi connectivity index (χ3n) is 2.20. The van der Waals surface area contributed by atoms with Crippen molar-refractivity contribution in [2.75, 3.05) is 0 Å². The molecule has 2 heterocycles. The highest BCUT2D eigenvalue weighted by molar-refractivity contribution is 4.97. The molecule has 0 aliphatic carbocycles. The van der Waals surface area contributed by atoms with Gasteiger partial charge in [-0.2, -0.15) is 5.10 Å². The highest BCUT2D eigenvalue weighted by Crippen LogP contribution is 2.12. The van der Waals surface area contributed by atoms with E-state index in [1.54, 1.807) is 0 Å². The number of rotatable bonds is 1. The van der Waals surface area contributed by atoms with E-state index in [2.05, 4.69) is 10.1 Å². The molecule has 1 aliphatic heterocycles. The summed E-state index contributed by atoms with van der Waals surface area (Å²) in [5.74, 6) is 1.82. The number of hydrogen-bond donors (Lipinski definition) is 1. The topological polar surface area (TPSA) is 50.9 Å². The molecule has 0 amide bonds. The molecule has 0 saturated carbocycles. The average molecular weight is 167 g/mol. The lowest BCUT2D eigenvalue weighted by Gasteiger charge is -2.16. The molecule has 1 N–H and O–H groups in total. The summed E-state index contributed by atoms with van der Waals surface area (Å²) < 4.78 is 1.91. The van der Waals surface area contributed by atoms with Gasteiger partial charge in [0.15, 0.2) is 5.82 Å². The van der Waals surface area contributed by atoms with Crippen LogP contribution in [0.1, 0.15) is 25.0 Å². The first kappa shape index (κ1) is 7.73. The Balaban J connectivity index is 2.28. The van der Waals surface area contributed by atoms with Crippen LogP contribution in [-0.4, -0.2) is 26.0 Å². The molecule has 0 spiro atoms. The number of nitrogens with zero attached hydrogens (tertiary/aromatic N) is 3. The van der Waals surface area contributed by atoms with E-state index >= 15 is 0 Å². The summed E-state index contributed by atoms with van der Waals surface area (Å²) >= 11 is 0. The molecule has 1 aromatic rings. The van der Waals surface area contributed by atoms with E-state index in [9.17, 15) is 5.11 Å². The van der Waals surface area contributed by atoms with Crippen LogP contribution in [-0.2, 0) is 19.4 Å². The van der Waals surface area contributed by atoms with E-state index < -0.39 is 0 Å². The van der Waals surface area contributed by atoms with Crippen LogP contribution in [0.15, 0.2) is 0 Å². The second-order valence-corrected chi connectivity index (χ2v) is 3.17. The Kier molecular flexibility index (Phi) is 1.84. The van der Waals surface area contributed by atoms with E-state index in [-0.39, 0.29) is 6.10 Å². The van der Waals surface area contributed by atoms with Crippen molar-refractivity contribution in [3.8, 4) is 0 Å². The maximum absolute atomic E-state index is 9.36. The fraction of sp³-hybridized carbons (Fsp3) is 0.750. The Labute approximate surface area is 71.2 Å². The molecule has 0 bridgehead atoms. The van der Waals surface area contributed by atoms with Crippen molar-refractivity contribution in [2.45, 2.75) is 38.8 Å². The monoisotopic (exact) mass is 167 g/mol. The molecule has 1 aromatic heterocycles. The van der Waals surface area contributed by atoms with Gasteiger partial charge in [-0.15, -0.1) is 0 Å². The second kappa shape index (κ2) is 2.86. The van der Waals surface area contributed by atoms with Gasteiger partial charge in [-0.1, -0.05) is 6.92 Å². The van der Waals surface area contributed by atoms with Gasteiger partial charge in [-0.3, -0.25) is 0 Å². The minimum atomic E-state index is -0.216. The molecular formula is C8H13N3O. The molecule has 66 valence electrons. The van der Waals surface area contributed by atoms with Crippen LogP contribution in [0, 0.1) is 0 Å². The predicted molar refractivity (Wildman–Crippen MR) is 43.7 cm³/mol. The van der Waals surface area contributed by atoms with Crippen molar-refractivity contribution in [1.82, 2.24) is 14.8 Å². The van der Waals surface area contributed by atoms with Crippen LogP contribution in [0.2, 0.25) is 0 Å². The Morgan fingerprint density at radius 1 is 1.67 bits per heavy atom. The van der Waals surface area contributed by atoms with Crippen LogP contribution >= 0.6 is 0 Å². The molecule has 12 heavy (non-hydrogen) atoms. The first-order chi connectivity index (χ1) is 5.79. The SMILES string of the molecule is CCc1nc2n(n1)CCC(O)C2. The molecule has 1 unspecified atom stereocenters. The summed E-state index contributed by atoms with van der Waals surface area (Å²) in [5.41, 5.74) is 0. The van der Waals surface area contributed by atoms with Gasteiger partial charge in [0.05, 0.1) is 6.10 Å². The fourth-order valence-electron chi connectivity index (χ4n) is 1.49. The lowest BCUT2D eigenvalue weighted by Crippen LogP contribution is -2.23. The highest BCUT2D eigenvalue weighted by atomic mass is 16.3. The van der Waals surface area contributed by atoms with Crippen molar-refractivity contribution in [2.24, 2.45) is 0 Å². The Morgan fingerprint density at radius 2 is 2.50 bits per heavy atom. The number of fused-ring (bicyclic) bond motifs is 1. The molecule has 1 aliphatic rings. The molecule has 4 nitrogen and oxygen atoms in total. The molecule has 4 heteroatoms. The molecular weight excluding hydrogens is 154 g/mol. The third-order valence-corrected chi connectivity index (χ3v) is 2.20. The summed E-state index contributed by atoms with van der Waals surface area (Å²) in [6, 6.07) is 0. The van der Waals surface area contributed by atoms with Crippen molar-refractivity contribution < 1.29 is 5.11 Å². The summed E-state index contributed by atoms with van der Waals surface area (Å²) in [6.45, 7) is 2.85. The van der Waals surface area contributed by atoms with Gasteiger partial charge in [0.2, 0.25) is 0 Å². The maximum atomic E-state index is 9.36. The smallest absolute Gasteiger partial charge is 0.150 e. The summed E-state index contributed by atoms with van der Waals surface area (Å²) in [5, 5.41) is 13.7. The van der Waals surface area contributed by atoms with Gasteiger partial charge >= 0.3 is 0 Å². The quantitative estimate of drug-likeness (QED) is 0.647. The lowest BCUT2D eigenvalue weighted by atomic mass is 10.1. The molecule has 0 fully saturated rings. The lowest BCUT2D eigenvalue weighted by molar-refractivity contribution is 0.138. The van der Waals surface area contributed by atoms with Crippen LogP contribution in [0.4, 0.5) is 0 Å². The number of aliphatic hydroxyl groups excluding tert-OH is 1. The summed E-state index contributed by atoms with van der Waals surface area (Å²) in [6.07, 6.45) is 2.12. The molecule has 0 saturated heterocycles. The first-order valence-electron chi connectivity index (χ1n) is 4.40. The van der Waals surface area contributed by atoms with Crippen molar-refractivity contribution in [3.05, 3.63) is 11.6 Å². The first-order valence-corrected chi connectivity index (χ1v) is 4.40. The molecule has 0 aromatic carbocycles. The van der Waals surface area contributed by atoms with Crippen molar-refractivity contribution in [3.63, 3.8) is 0 Å². The van der Waals surface area contributed by atoms with E-state index in [4.69, 9.17) is 0 Å². The van der Waals surface area contributed by atoms with Gasteiger partial charge in [0.1, 0.15) is 5.82 Å². The van der Waals surface area contributed by atoms with Crippen LogP contribution in [0.3, 0.4) is 0 Å². The standard InChI is InChI=1S/C8H13N3O/c1-2-7-9-8-5-6(12)3-4-11(8)10-7/h6,12H,2-5H2,1H3. The average Bonchev–Trinajstić information content (AvgIpc) is 2.46. The second-order valence-electron chi connectivity index (χ2n) is 3.17. The largest absolute Gasteiger partial charge is 0.393 e. The third kappa shape index (κ3) is 1.22. The van der Waals surface area contributed by atoms with Gasteiger partial charge in [0, 0.05) is 19.4 Å². The van der Waals surface area contributed by atoms with E-state index in [1.165, 1.54) is 0 Å². The number of aromatic nitrogens is 3. The molecule has 2 rings (SSSR count). The van der Waals surface area contributed by atoms with Crippen LogP contribution in [0.5, 0.6) is 0 Å². The van der Waals surface area contributed by atoms with Gasteiger partial charge in [-0.05, 0) is 6.42 Å². The van der Waals surface area contributed by atoms with E-state index in [0.717, 1.165) is 31.0 Å². The molecule has 1 atom stereocenters. The predicted octanol–water partition coefficient (Wildman–Crippen LogP) is 0.148. The Hall–Kier alpha value is -0.900. The van der Waals surface area contributed by atoms with Gasteiger partial charge in [0.25, 0.3) is 0 Å². The normalized spacial score (nSPS) is 22.3. The van der Waals surface area contributed by atoms with Crippen molar-refractivity contribution in [1.29, 1.82) is 0 Å². The Morgan fingerprint density at radius 3 is 3.25 bits per heavy atom. The zero-order chi connectivity index (χ0) is 8.55. The maximum Gasteiger partial charge on any atom is 0.150 e. The number of hydrogen-bond acceptors (Lipinski definition) is 3. The fourth-order valence-corrected chi connectivity index (χ4v) is 1.49. The van der Waals surface area contributed by atoms with Gasteiger partial charge in [-0.25, -0.2) is 9.67 Å². The Bertz CT molecular complexity index is 282. The summed E-state index contributed by atoms with van der Waals surface area (Å²) in [4.78, 5) is 4.31. The minimum absolute atomic E-state index is 0.216. The molecule has 0 radical (unpaired) electrons. The minimum Gasteiger partial charge on any atom is -0.393 e. The van der Waals surface area contributed by atoms with Gasteiger partial charge < -0.3 is 5.11 Å². The zero-order valence-electron chi connectivity index (χ0n) is 7.19. The van der Waals surface area contributed by atoms with E-state index in [1.807, 2.05) is 11.6 Å². The zero-order valence-corrected chi connectivity index (χ0v) is 7.19. The van der Waals surface area contributed by atoms with E-state index in [0.29, 0.717) is 6.42 Å². The van der Waals surface area contributed by atoms with Crippen molar-refractivity contribution >= 4 is 0 Å².